The van der Waals surface area contributed by atoms with Gasteiger partial charge in [-0.2, -0.15) is 0 Å². The number of ether oxygens (including phenoxy) is 4. The number of esters is 1. The van der Waals surface area contributed by atoms with Crippen molar-refractivity contribution < 1.29 is 28.5 Å². The quantitative estimate of drug-likeness (QED) is 0.733. The van der Waals surface area contributed by atoms with Crippen LogP contribution in [-0.2, 0) is 19.7 Å². The fourth-order valence-electron chi connectivity index (χ4n) is 4.10. The van der Waals surface area contributed by atoms with E-state index in [1.807, 2.05) is 18.2 Å². The number of anilines is 1. The van der Waals surface area contributed by atoms with Gasteiger partial charge in [-0.1, -0.05) is 25.0 Å². The second-order valence-corrected chi connectivity index (χ2v) is 7.50. The van der Waals surface area contributed by atoms with Crippen molar-refractivity contribution in [2.75, 3.05) is 32.2 Å². The van der Waals surface area contributed by atoms with Gasteiger partial charge >= 0.3 is 5.97 Å². The lowest BCUT2D eigenvalue weighted by molar-refractivity contribution is -0.153. The molecule has 1 amide bonds. The Kier molecular flexibility index (Phi) is 5.79. The van der Waals surface area contributed by atoms with Gasteiger partial charge in [-0.25, -0.2) is 0 Å². The first kappa shape index (κ1) is 20.1. The highest BCUT2D eigenvalue weighted by Crippen LogP contribution is 2.45. The van der Waals surface area contributed by atoms with Crippen LogP contribution in [0.1, 0.15) is 31.2 Å². The largest absolute Gasteiger partial charge is 0.497 e. The molecule has 1 aliphatic heterocycles. The SMILES string of the molecule is COc1cccc(NC(=O)COC(=O)C2(c3ccc4c(c3)OCCO4)CCCC2)c1. The Labute approximate surface area is 175 Å². The summed E-state index contributed by atoms with van der Waals surface area (Å²) in [4.78, 5) is 25.4. The molecular weight excluding hydrogens is 386 g/mol. The molecular formula is C23H25NO6. The molecule has 0 atom stereocenters. The molecule has 0 saturated heterocycles. The van der Waals surface area contributed by atoms with Crippen molar-refractivity contribution in [3.8, 4) is 17.2 Å². The highest BCUT2D eigenvalue weighted by Gasteiger charge is 2.45. The molecule has 1 N–H and O–H groups in total. The van der Waals surface area contributed by atoms with Gasteiger partial charge in [0, 0.05) is 11.8 Å². The topological polar surface area (TPSA) is 83.1 Å². The van der Waals surface area contributed by atoms with Gasteiger partial charge in [0.2, 0.25) is 0 Å². The van der Waals surface area contributed by atoms with E-state index in [1.165, 1.54) is 0 Å². The van der Waals surface area contributed by atoms with Crippen LogP contribution in [0, 0.1) is 0 Å². The Morgan fingerprint density at radius 1 is 1.03 bits per heavy atom. The third-order valence-corrected chi connectivity index (χ3v) is 5.63. The van der Waals surface area contributed by atoms with E-state index in [0.29, 0.717) is 49.0 Å². The van der Waals surface area contributed by atoms with Crippen LogP contribution in [0.25, 0.3) is 0 Å². The second-order valence-electron chi connectivity index (χ2n) is 7.50. The van der Waals surface area contributed by atoms with Crippen LogP contribution >= 0.6 is 0 Å². The first-order chi connectivity index (χ1) is 14.6. The lowest BCUT2D eigenvalue weighted by atomic mass is 9.78. The molecule has 1 fully saturated rings. The van der Waals surface area contributed by atoms with Crippen LogP contribution in [0.15, 0.2) is 42.5 Å². The number of rotatable bonds is 6. The van der Waals surface area contributed by atoms with Crippen molar-refractivity contribution in [1.82, 2.24) is 0 Å². The molecule has 0 bridgehead atoms. The van der Waals surface area contributed by atoms with E-state index >= 15 is 0 Å². The third kappa shape index (κ3) is 4.06. The van der Waals surface area contributed by atoms with Crippen molar-refractivity contribution in [2.24, 2.45) is 0 Å². The average Bonchev–Trinajstić information content (AvgIpc) is 3.28. The first-order valence-corrected chi connectivity index (χ1v) is 10.1. The molecule has 0 radical (unpaired) electrons. The molecule has 158 valence electrons. The highest BCUT2D eigenvalue weighted by atomic mass is 16.6. The summed E-state index contributed by atoms with van der Waals surface area (Å²) >= 11 is 0. The van der Waals surface area contributed by atoms with Gasteiger partial charge in [0.1, 0.15) is 19.0 Å². The van der Waals surface area contributed by atoms with Crippen molar-refractivity contribution >= 4 is 17.6 Å². The zero-order valence-corrected chi connectivity index (χ0v) is 16.9. The highest BCUT2D eigenvalue weighted by molar-refractivity contribution is 5.94. The third-order valence-electron chi connectivity index (χ3n) is 5.63. The predicted molar refractivity (Wildman–Crippen MR) is 110 cm³/mol. The molecule has 2 aromatic rings. The summed E-state index contributed by atoms with van der Waals surface area (Å²) in [5.74, 6) is 1.19. The first-order valence-electron chi connectivity index (χ1n) is 10.1. The van der Waals surface area contributed by atoms with E-state index in [0.717, 1.165) is 18.4 Å². The van der Waals surface area contributed by atoms with Gasteiger partial charge in [0.25, 0.3) is 5.91 Å². The average molecular weight is 411 g/mol. The maximum Gasteiger partial charge on any atom is 0.317 e. The van der Waals surface area contributed by atoms with Gasteiger partial charge < -0.3 is 24.3 Å². The molecule has 4 rings (SSSR count). The van der Waals surface area contributed by atoms with Crippen molar-refractivity contribution in [3.63, 3.8) is 0 Å². The lowest BCUT2D eigenvalue weighted by Crippen LogP contribution is -2.36. The molecule has 0 unspecified atom stereocenters. The molecule has 1 saturated carbocycles. The maximum atomic E-state index is 13.1. The van der Waals surface area contributed by atoms with Crippen LogP contribution in [-0.4, -0.2) is 38.8 Å². The lowest BCUT2D eigenvalue weighted by Gasteiger charge is -2.28. The molecule has 7 heteroatoms. The number of hydrogen-bond donors (Lipinski definition) is 1. The fourth-order valence-corrected chi connectivity index (χ4v) is 4.10. The minimum Gasteiger partial charge on any atom is -0.497 e. The molecule has 7 nitrogen and oxygen atoms in total. The Morgan fingerprint density at radius 3 is 2.57 bits per heavy atom. The van der Waals surface area contributed by atoms with Crippen LogP contribution in [0.3, 0.4) is 0 Å². The van der Waals surface area contributed by atoms with Gasteiger partial charge in [-0.15, -0.1) is 0 Å². The van der Waals surface area contributed by atoms with Gasteiger partial charge in [-0.3, -0.25) is 9.59 Å². The van der Waals surface area contributed by atoms with Crippen molar-refractivity contribution in [2.45, 2.75) is 31.1 Å². The number of benzene rings is 2. The molecule has 0 aromatic heterocycles. The van der Waals surface area contributed by atoms with Crippen molar-refractivity contribution in [3.05, 3.63) is 48.0 Å². The number of carbonyl (C=O) groups is 2. The van der Waals surface area contributed by atoms with Crippen LogP contribution < -0.4 is 19.5 Å². The Bertz CT molecular complexity index is 935. The monoisotopic (exact) mass is 411 g/mol. The van der Waals surface area contributed by atoms with E-state index < -0.39 is 11.3 Å². The minimum atomic E-state index is -0.758. The molecule has 30 heavy (non-hydrogen) atoms. The molecule has 0 spiro atoms. The summed E-state index contributed by atoms with van der Waals surface area (Å²) in [6.45, 7) is 0.655. The van der Waals surface area contributed by atoms with E-state index in [-0.39, 0.29) is 12.6 Å². The summed E-state index contributed by atoms with van der Waals surface area (Å²) in [6.07, 6.45) is 3.23. The van der Waals surface area contributed by atoms with Crippen LogP contribution in [0.4, 0.5) is 5.69 Å². The number of amides is 1. The summed E-state index contributed by atoms with van der Waals surface area (Å²) in [6, 6.07) is 12.6. The van der Waals surface area contributed by atoms with Crippen molar-refractivity contribution in [1.29, 1.82) is 0 Å². The van der Waals surface area contributed by atoms with E-state index in [2.05, 4.69) is 5.32 Å². The molecule has 1 aliphatic carbocycles. The molecule has 2 aliphatic rings. The maximum absolute atomic E-state index is 13.1. The summed E-state index contributed by atoms with van der Waals surface area (Å²) in [5.41, 5.74) is 0.673. The van der Waals surface area contributed by atoms with E-state index in [1.54, 1.807) is 31.4 Å². The summed E-state index contributed by atoms with van der Waals surface area (Å²) in [7, 11) is 1.56. The van der Waals surface area contributed by atoms with E-state index in [9.17, 15) is 9.59 Å². The predicted octanol–water partition coefficient (Wildman–Crippen LogP) is 3.46. The molecule has 2 aromatic carbocycles. The number of nitrogens with one attached hydrogen (secondary N) is 1. The molecule has 1 heterocycles. The number of fused-ring (bicyclic) bond motifs is 1. The summed E-state index contributed by atoms with van der Waals surface area (Å²) in [5, 5.41) is 2.72. The van der Waals surface area contributed by atoms with Gasteiger partial charge in [0.15, 0.2) is 18.1 Å². The Morgan fingerprint density at radius 2 is 1.80 bits per heavy atom. The zero-order chi connectivity index (χ0) is 21.0. The van der Waals surface area contributed by atoms with Gasteiger partial charge in [-0.05, 0) is 42.7 Å². The van der Waals surface area contributed by atoms with Gasteiger partial charge in [0.05, 0.1) is 12.5 Å². The second kappa shape index (κ2) is 8.65. The standard InChI is InChI=1S/C23H25NO6/c1-27-18-6-4-5-17(14-18)24-21(25)15-30-22(26)23(9-2-3-10-23)16-7-8-19-20(13-16)29-12-11-28-19/h4-8,13-14H,2-3,9-12,15H2,1H3,(H,24,25). The van der Waals surface area contributed by atoms with Crippen LogP contribution in [0.2, 0.25) is 0 Å². The minimum absolute atomic E-state index is 0.345. The summed E-state index contributed by atoms with van der Waals surface area (Å²) < 4.78 is 21.9. The Hall–Kier alpha value is -3.22. The fraction of sp³-hybridized carbons (Fsp3) is 0.391. The number of carbonyl (C=O) groups excluding carboxylic acids is 2. The Balaban J connectivity index is 1.44. The van der Waals surface area contributed by atoms with Crippen LogP contribution in [0.5, 0.6) is 17.2 Å². The number of methoxy groups -OCH3 is 1. The van der Waals surface area contributed by atoms with E-state index in [4.69, 9.17) is 18.9 Å². The smallest absolute Gasteiger partial charge is 0.317 e. The normalized spacial score (nSPS) is 16.6. The zero-order valence-electron chi connectivity index (χ0n) is 16.9. The number of hydrogen-bond acceptors (Lipinski definition) is 6.